The fourth-order valence-electron chi connectivity index (χ4n) is 4.38. The lowest BCUT2D eigenvalue weighted by atomic mass is 10.1. The summed E-state index contributed by atoms with van der Waals surface area (Å²) in [6.07, 6.45) is 3.47. The van der Waals surface area contributed by atoms with Crippen LogP contribution in [0.1, 0.15) is 26.3 Å². The average Bonchev–Trinajstić information content (AvgIpc) is 3.26. The van der Waals surface area contributed by atoms with Gasteiger partial charge in [0.05, 0.1) is 11.9 Å². The van der Waals surface area contributed by atoms with Gasteiger partial charge in [-0.15, -0.1) is 0 Å². The van der Waals surface area contributed by atoms with Crippen molar-refractivity contribution in [2.45, 2.75) is 40.4 Å². The molecule has 0 aliphatic heterocycles. The van der Waals surface area contributed by atoms with E-state index in [0.29, 0.717) is 35.7 Å². The summed E-state index contributed by atoms with van der Waals surface area (Å²) in [7, 11) is 0. The maximum Gasteiger partial charge on any atom is 0.330 e. The lowest BCUT2D eigenvalue weighted by Gasteiger charge is -2.14. The molecule has 1 N–H and O–H groups in total. The summed E-state index contributed by atoms with van der Waals surface area (Å²) in [5, 5.41) is 9.25. The molecule has 0 aliphatic carbocycles. The Morgan fingerprint density at radius 1 is 0.946 bits per heavy atom. The van der Waals surface area contributed by atoms with Crippen LogP contribution in [-0.2, 0) is 19.6 Å². The van der Waals surface area contributed by atoms with Crippen LogP contribution in [0, 0.1) is 10.6 Å². The standard InChI is InChI=1S/C28H29N7OS/c1-4-33-27(37)23-25(31-22-9-6-5-7-10-22)35(32-26(23)34(28(33)36)17-19(2)3)18-20-11-13-21(14-12-20)24-29-15-8-16-30-24/h5-16,19,31H,4,17-18H2,1-3H3. The van der Waals surface area contributed by atoms with E-state index in [1.54, 1.807) is 27.6 Å². The SMILES string of the molecule is CCn1c(=S)c2c(Nc3ccccc3)n(Cc3ccc(-c4ncccn4)cc3)nc2n(CC(C)C)c1=O. The third kappa shape index (κ3) is 4.95. The highest BCUT2D eigenvalue weighted by Gasteiger charge is 2.21. The lowest BCUT2D eigenvalue weighted by Crippen LogP contribution is -2.32. The topological polar surface area (TPSA) is 82.6 Å². The molecule has 0 spiro atoms. The van der Waals surface area contributed by atoms with Gasteiger partial charge in [-0.1, -0.05) is 68.5 Å². The number of anilines is 2. The quantitative estimate of drug-likeness (QED) is 0.271. The van der Waals surface area contributed by atoms with Crippen LogP contribution in [0.4, 0.5) is 11.5 Å². The number of hydrogen-bond donors (Lipinski definition) is 1. The van der Waals surface area contributed by atoms with Gasteiger partial charge in [0.25, 0.3) is 0 Å². The molecule has 0 aliphatic rings. The molecule has 5 rings (SSSR count). The Labute approximate surface area is 220 Å². The van der Waals surface area contributed by atoms with E-state index in [1.807, 2.05) is 66.2 Å². The predicted octanol–water partition coefficient (Wildman–Crippen LogP) is 5.65. The first-order valence-electron chi connectivity index (χ1n) is 12.4. The Balaban J connectivity index is 1.66. The van der Waals surface area contributed by atoms with Gasteiger partial charge in [-0.2, -0.15) is 5.10 Å². The second kappa shape index (κ2) is 10.5. The summed E-state index contributed by atoms with van der Waals surface area (Å²) < 4.78 is 5.79. The van der Waals surface area contributed by atoms with Crippen molar-refractivity contribution in [2.75, 3.05) is 5.32 Å². The second-order valence-corrected chi connectivity index (χ2v) is 9.69. The van der Waals surface area contributed by atoms with Crippen molar-refractivity contribution in [3.05, 3.63) is 93.7 Å². The van der Waals surface area contributed by atoms with E-state index in [2.05, 4.69) is 29.1 Å². The minimum Gasteiger partial charge on any atom is -0.340 e. The molecule has 0 saturated carbocycles. The van der Waals surface area contributed by atoms with Crippen molar-refractivity contribution >= 4 is 34.8 Å². The molecule has 5 aromatic rings. The largest absolute Gasteiger partial charge is 0.340 e. The fourth-order valence-corrected chi connectivity index (χ4v) is 4.78. The number of hydrogen-bond acceptors (Lipinski definition) is 6. The van der Waals surface area contributed by atoms with Crippen LogP contribution in [0.25, 0.3) is 22.4 Å². The predicted molar refractivity (Wildman–Crippen MR) is 150 cm³/mol. The fraction of sp³-hybridized carbons (Fsp3) is 0.250. The summed E-state index contributed by atoms with van der Waals surface area (Å²) in [4.78, 5) is 22.0. The molecule has 8 nitrogen and oxygen atoms in total. The molecule has 0 fully saturated rings. The molecule has 0 saturated heterocycles. The van der Waals surface area contributed by atoms with Crippen LogP contribution in [0.3, 0.4) is 0 Å². The van der Waals surface area contributed by atoms with E-state index in [9.17, 15) is 4.79 Å². The zero-order valence-electron chi connectivity index (χ0n) is 21.1. The first-order chi connectivity index (χ1) is 18.0. The second-order valence-electron chi connectivity index (χ2n) is 9.30. The molecule has 3 heterocycles. The Morgan fingerprint density at radius 2 is 1.65 bits per heavy atom. The number of nitrogens with zero attached hydrogens (tertiary/aromatic N) is 6. The van der Waals surface area contributed by atoms with E-state index in [0.717, 1.165) is 28.0 Å². The molecule has 37 heavy (non-hydrogen) atoms. The summed E-state index contributed by atoms with van der Waals surface area (Å²) in [6.45, 7) is 7.66. The van der Waals surface area contributed by atoms with Gasteiger partial charge in [-0.3, -0.25) is 9.13 Å². The molecule has 2 aromatic carbocycles. The van der Waals surface area contributed by atoms with Crippen molar-refractivity contribution in [2.24, 2.45) is 5.92 Å². The summed E-state index contributed by atoms with van der Waals surface area (Å²) in [6, 6.07) is 19.8. The highest BCUT2D eigenvalue weighted by molar-refractivity contribution is 7.71. The molecule has 0 unspecified atom stereocenters. The van der Waals surface area contributed by atoms with Gasteiger partial charge >= 0.3 is 5.69 Å². The number of rotatable bonds is 8. The monoisotopic (exact) mass is 511 g/mol. The Morgan fingerprint density at radius 3 is 2.30 bits per heavy atom. The normalized spacial score (nSPS) is 11.4. The molecule has 0 amide bonds. The highest BCUT2D eigenvalue weighted by Crippen LogP contribution is 2.29. The van der Waals surface area contributed by atoms with Crippen LogP contribution in [0.2, 0.25) is 0 Å². The molecular formula is C28H29N7OS. The van der Waals surface area contributed by atoms with E-state index >= 15 is 0 Å². The maximum atomic E-state index is 13.4. The van der Waals surface area contributed by atoms with Crippen LogP contribution in [0.5, 0.6) is 0 Å². The Bertz CT molecular complexity index is 1640. The van der Waals surface area contributed by atoms with Gasteiger partial charge in [0, 0.05) is 36.7 Å². The van der Waals surface area contributed by atoms with E-state index in [-0.39, 0.29) is 11.6 Å². The molecule has 9 heteroatoms. The van der Waals surface area contributed by atoms with Gasteiger partial charge in [0.1, 0.15) is 10.5 Å². The van der Waals surface area contributed by atoms with E-state index in [4.69, 9.17) is 17.3 Å². The van der Waals surface area contributed by atoms with Gasteiger partial charge in [-0.05, 0) is 36.6 Å². The smallest absolute Gasteiger partial charge is 0.330 e. The average molecular weight is 512 g/mol. The van der Waals surface area contributed by atoms with Crippen LogP contribution in [-0.4, -0.2) is 28.9 Å². The number of aromatic nitrogens is 6. The van der Waals surface area contributed by atoms with E-state index < -0.39 is 0 Å². The third-order valence-electron chi connectivity index (χ3n) is 6.12. The van der Waals surface area contributed by atoms with Gasteiger partial charge in [0.2, 0.25) is 0 Å². The lowest BCUT2D eigenvalue weighted by molar-refractivity contribution is 0.492. The third-order valence-corrected chi connectivity index (χ3v) is 6.55. The van der Waals surface area contributed by atoms with Crippen molar-refractivity contribution < 1.29 is 0 Å². The van der Waals surface area contributed by atoms with Gasteiger partial charge in [-0.25, -0.2) is 19.4 Å². The Kier molecular flexibility index (Phi) is 6.96. The zero-order chi connectivity index (χ0) is 25.9. The molecule has 3 aromatic heterocycles. The van der Waals surface area contributed by atoms with Crippen molar-refractivity contribution in [3.8, 4) is 11.4 Å². The van der Waals surface area contributed by atoms with E-state index in [1.165, 1.54) is 0 Å². The van der Waals surface area contributed by atoms with Crippen molar-refractivity contribution in [3.63, 3.8) is 0 Å². The molecule has 188 valence electrons. The zero-order valence-corrected chi connectivity index (χ0v) is 21.9. The minimum absolute atomic E-state index is 0.128. The molecule has 0 atom stereocenters. The van der Waals surface area contributed by atoms with Gasteiger partial charge < -0.3 is 5.32 Å². The molecule has 0 bridgehead atoms. The first kappa shape index (κ1) is 24.6. The number of para-hydroxylation sites is 1. The first-order valence-corrected chi connectivity index (χ1v) is 12.8. The Hall–Kier alpha value is -4.11. The molecular weight excluding hydrogens is 482 g/mol. The van der Waals surface area contributed by atoms with Crippen LogP contribution >= 0.6 is 12.2 Å². The van der Waals surface area contributed by atoms with Crippen molar-refractivity contribution in [1.82, 2.24) is 28.9 Å². The van der Waals surface area contributed by atoms with Crippen LogP contribution in [0.15, 0.2) is 77.9 Å². The highest BCUT2D eigenvalue weighted by atomic mass is 32.1. The summed E-state index contributed by atoms with van der Waals surface area (Å²) in [5.41, 5.74) is 3.38. The number of fused-ring (bicyclic) bond motifs is 1. The molecule has 0 radical (unpaired) electrons. The van der Waals surface area contributed by atoms with Gasteiger partial charge in [0.15, 0.2) is 11.5 Å². The van der Waals surface area contributed by atoms with Crippen LogP contribution < -0.4 is 11.0 Å². The summed E-state index contributed by atoms with van der Waals surface area (Å²) in [5.74, 6) is 1.72. The number of benzene rings is 2. The maximum absolute atomic E-state index is 13.4. The minimum atomic E-state index is -0.128. The number of nitrogens with one attached hydrogen (secondary N) is 1. The summed E-state index contributed by atoms with van der Waals surface area (Å²) >= 11 is 5.85. The van der Waals surface area contributed by atoms with Crippen molar-refractivity contribution in [1.29, 1.82) is 0 Å².